The molecule has 2 aromatic carbocycles. The number of likely N-dealkylation sites (tertiary alicyclic amines) is 1. The van der Waals surface area contributed by atoms with Crippen LogP contribution >= 0.6 is 23.2 Å². The molecule has 2 aromatic rings. The van der Waals surface area contributed by atoms with Gasteiger partial charge in [-0.1, -0.05) is 66.0 Å². The van der Waals surface area contributed by atoms with E-state index in [0.29, 0.717) is 23.0 Å². The van der Waals surface area contributed by atoms with Crippen LogP contribution in [0.15, 0.2) is 53.6 Å². The minimum atomic E-state index is -0.211. The second-order valence-electron chi connectivity index (χ2n) is 7.34. The molecule has 28 heavy (non-hydrogen) atoms. The van der Waals surface area contributed by atoms with Crippen molar-refractivity contribution in [2.45, 2.75) is 31.7 Å². The van der Waals surface area contributed by atoms with Gasteiger partial charge in [-0.3, -0.25) is 9.69 Å². The Bertz CT molecular complexity index is 893. The van der Waals surface area contributed by atoms with Gasteiger partial charge < -0.3 is 0 Å². The number of amides is 1. The molecule has 2 heterocycles. The fraction of sp³-hybridized carbons (Fsp3) is 0.364. The molecule has 1 fully saturated rings. The van der Waals surface area contributed by atoms with E-state index < -0.39 is 0 Å². The van der Waals surface area contributed by atoms with Crippen LogP contribution in [0.5, 0.6) is 0 Å². The van der Waals surface area contributed by atoms with Crippen LogP contribution < -0.4 is 0 Å². The second-order valence-corrected chi connectivity index (χ2v) is 8.16. The van der Waals surface area contributed by atoms with Crippen LogP contribution in [0.1, 0.15) is 42.9 Å². The molecular formula is C22H23Cl2N3O. The first-order valence-electron chi connectivity index (χ1n) is 9.74. The molecule has 0 radical (unpaired) electrons. The van der Waals surface area contributed by atoms with Crippen LogP contribution in [-0.2, 0) is 4.79 Å². The maximum Gasteiger partial charge on any atom is 0.257 e. The Labute approximate surface area is 175 Å². The highest BCUT2D eigenvalue weighted by Crippen LogP contribution is 2.37. The lowest BCUT2D eigenvalue weighted by Gasteiger charge is -2.29. The molecule has 0 saturated carbocycles. The van der Waals surface area contributed by atoms with Crippen LogP contribution in [0.4, 0.5) is 0 Å². The molecule has 0 N–H and O–H groups in total. The van der Waals surface area contributed by atoms with Crippen molar-refractivity contribution in [1.82, 2.24) is 9.91 Å². The lowest BCUT2D eigenvalue weighted by atomic mass is 9.98. The van der Waals surface area contributed by atoms with Gasteiger partial charge in [0.1, 0.15) is 0 Å². The first kappa shape index (κ1) is 19.4. The number of carbonyl (C=O) groups is 1. The summed E-state index contributed by atoms with van der Waals surface area (Å²) in [6, 6.07) is 15.1. The number of hydrogen-bond donors (Lipinski definition) is 0. The standard InChI is InChI=1S/C22H23Cl2N3O/c23-18-10-4-2-8-16(18)20-14-21(17-9-3-5-11-19(17)24)27(25-20)22(28)15-26-12-6-1-7-13-26/h2-5,8-11,21H,1,6-7,12-15H2. The molecule has 2 aliphatic rings. The van der Waals surface area contributed by atoms with E-state index in [9.17, 15) is 4.79 Å². The molecule has 0 spiro atoms. The largest absolute Gasteiger partial charge is 0.294 e. The summed E-state index contributed by atoms with van der Waals surface area (Å²) in [6.45, 7) is 2.33. The Balaban J connectivity index is 1.64. The lowest BCUT2D eigenvalue weighted by molar-refractivity contribution is -0.134. The number of rotatable bonds is 4. The third-order valence-electron chi connectivity index (χ3n) is 5.42. The smallest absolute Gasteiger partial charge is 0.257 e. The summed E-state index contributed by atoms with van der Waals surface area (Å²) in [7, 11) is 0. The fourth-order valence-electron chi connectivity index (χ4n) is 3.97. The van der Waals surface area contributed by atoms with E-state index in [1.54, 1.807) is 5.01 Å². The van der Waals surface area contributed by atoms with E-state index >= 15 is 0 Å². The molecule has 1 amide bonds. The summed E-state index contributed by atoms with van der Waals surface area (Å²) in [5.41, 5.74) is 2.61. The van der Waals surface area contributed by atoms with Crippen LogP contribution in [0.25, 0.3) is 0 Å². The van der Waals surface area contributed by atoms with Crippen molar-refractivity contribution in [1.29, 1.82) is 0 Å². The summed E-state index contributed by atoms with van der Waals surface area (Å²) in [4.78, 5) is 15.4. The zero-order chi connectivity index (χ0) is 19.5. The van der Waals surface area contributed by atoms with Gasteiger partial charge in [-0.15, -0.1) is 0 Å². The average Bonchev–Trinajstić information content (AvgIpc) is 3.14. The monoisotopic (exact) mass is 415 g/mol. The molecule has 146 valence electrons. The summed E-state index contributed by atoms with van der Waals surface area (Å²) in [5, 5.41) is 7.63. The van der Waals surface area contributed by atoms with Crippen LogP contribution in [0, 0.1) is 0 Å². The second kappa shape index (κ2) is 8.64. The molecule has 4 nitrogen and oxygen atoms in total. The Hall–Kier alpha value is -1.88. The van der Waals surface area contributed by atoms with E-state index in [0.717, 1.165) is 42.8 Å². The van der Waals surface area contributed by atoms with Crippen molar-refractivity contribution >= 4 is 34.8 Å². The molecule has 6 heteroatoms. The molecule has 1 saturated heterocycles. The molecule has 2 aliphatic heterocycles. The topological polar surface area (TPSA) is 35.9 Å². The van der Waals surface area contributed by atoms with Gasteiger partial charge in [0, 0.05) is 22.0 Å². The van der Waals surface area contributed by atoms with E-state index in [-0.39, 0.29) is 11.9 Å². The number of piperidine rings is 1. The van der Waals surface area contributed by atoms with Gasteiger partial charge in [0.05, 0.1) is 18.3 Å². The van der Waals surface area contributed by atoms with Crippen molar-refractivity contribution in [3.05, 3.63) is 69.7 Å². The van der Waals surface area contributed by atoms with Crippen LogP contribution in [-0.4, -0.2) is 41.2 Å². The predicted octanol–water partition coefficient (Wildman–Crippen LogP) is 5.16. The van der Waals surface area contributed by atoms with Gasteiger partial charge in [0.2, 0.25) is 0 Å². The average molecular weight is 416 g/mol. The number of carbonyl (C=O) groups excluding carboxylic acids is 1. The SMILES string of the molecule is O=C(CN1CCCCC1)N1N=C(c2ccccc2Cl)CC1c1ccccc1Cl. The first-order chi connectivity index (χ1) is 13.6. The number of halogens is 2. The van der Waals surface area contributed by atoms with E-state index in [1.807, 2.05) is 48.5 Å². The molecule has 4 rings (SSSR count). The van der Waals surface area contributed by atoms with Gasteiger partial charge in [0.25, 0.3) is 5.91 Å². The number of nitrogens with zero attached hydrogens (tertiary/aromatic N) is 3. The number of hydrazone groups is 1. The molecule has 0 aromatic heterocycles. The quantitative estimate of drug-likeness (QED) is 0.691. The first-order valence-corrected chi connectivity index (χ1v) is 10.5. The molecule has 1 unspecified atom stereocenters. The highest BCUT2D eigenvalue weighted by atomic mass is 35.5. The molecular weight excluding hydrogens is 393 g/mol. The molecule has 0 aliphatic carbocycles. The maximum absolute atomic E-state index is 13.2. The highest BCUT2D eigenvalue weighted by Gasteiger charge is 2.35. The lowest BCUT2D eigenvalue weighted by Crippen LogP contribution is -2.40. The van der Waals surface area contributed by atoms with Gasteiger partial charge in [-0.25, -0.2) is 5.01 Å². The van der Waals surface area contributed by atoms with Crippen molar-refractivity contribution in [2.24, 2.45) is 5.10 Å². The maximum atomic E-state index is 13.2. The van der Waals surface area contributed by atoms with Gasteiger partial charge in [0.15, 0.2) is 0 Å². The van der Waals surface area contributed by atoms with Gasteiger partial charge in [-0.2, -0.15) is 5.10 Å². The summed E-state index contributed by atoms with van der Waals surface area (Å²) < 4.78 is 0. The highest BCUT2D eigenvalue weighted by molar-refractivity contribution is 6.34. The summed E-state index contributed by atoms with van der Waals surface area (Å²) in [5.74, 6) is 0.00822. The minimum absolute atomic E-state index is 0.00822. The van der Waals surface area contributed by atoms with E-state index in [2.05, 4.69) is 4.90 Å². The van der Waals surface area contributed by atoms with E-state index in [4.69, 9.17) is 28.3 Å². The normalized spacial score (nSPS) is 20.3. The Morgan fingerprint density at radius 1 is 0.964 bits per heavy atom. The number of hydrogen-bond acceptors (Lipinski definition) is 3. The molecule has 0 bridgehead atoms. The molecule has 1 atom stereocenters. The van der Waals surface area contributed by atoms with Crippen molar-refractivity contribution < 1.29 is 4.79 Å². The Morgan fingerprint density at radius 3 is 2.36 bits per heavy atom. The summed E-state index contributed by atoms with van der Waals surface area (Å²) >= 11 is 12.9. The van der Waals surface area contributed by atoms with Crippen molar-refractivity contribution in [3.63, 3.8) is 0 Å². The predicted molar refractivity (Wildman–Crippen MR) is 114 cm³/mol. The van der Waals surface area contributed by atoms with Crippen LogP contribution in [0.2, 0.25) is 10.0 Å². The fourth-order valence-corrected chi connectivity index (χ4v) is 4.47. The minimum Gasteiger partial charge on any atom is -0.294 e. The zero-order valence-corrected chi connectivity index (χ0v) is 17.2. The third kappa shape index (κ3) is 4.09. The van der Waals surface area contributed by atoms with E-state index in [1.165, 1.54) is 6.42 Å². The summed E-state index contributed by atoms with van der Waals surface area (Å²) in [6.07, 6.45) is 4.13. The van der Waals surface area contributed by atoms with Gasteiger partial charge >= 0.3 is 0 Å². The third-order valence-corrected chi connectivity index (χ3v) is 6.10. The van der Waals surface area contributed by atoms with Crippen molar-refractivity contribution in [3.8, 4) is 0 Å². The Kier molecular flexibility index (Phi) is 6.00. The van der Waals surface area contributed by atoms with Crippen LogP contribution in [0.3, 0.4) is 0 Å². The van der Waals surface area contributed by atoms with Crippen molar-refractivity contribution in [2.75, 3.05) is 19.6 Å². The number of benzene rings is 2. The Morgan fingerprint density at radius 2 is 1.64 bits per heavy atom. The van der Waals surface area contributed by atoms with Gasteiger partial charge in [-0.05, 0) is 43.6 Å². The zero-order valence-electron chi connectivity index (χ0n) is 15.7.